The van der Waals surface area contributed by atoms with Crippen LogP contribution in [0.5, 0.6) is 5.75 Å². The van der Waals surface area contributed by atoms with E-state index in [1.54, 1.807) is 7.11 Å². The molecule has 3 aromatic heterocycles. The number of fused-ring (bicyclic) bond motifs is 1. The Balaban J connectivity index is 2.14. The van der Waals surface area contributed by atoms with Crippen molar-refractivity contribution in [2.45, 2.75) is 0 Å². The summed E-state index contributed by atoms with van der Waals surface area (Å²) in [7, 11) is 1.59. The largest absolute Gasteiger partial charge is 0.495 e. The molecule has 0 amide bonds. The van der Waals surface area contributed by atoms with E-state index >= 15 is 0 Å². The van der Waals surface area contributed by atoms with Gasteiger partial charge in [0.1, 0.15) is 10.6 Å². The molecule has 0 aliphatic carbocycles. The number of carboxylic acids is 1. The van der Waals surface area contributed by atoms with Crippen molar-refractivity contribution >= 4 is 28.5 Å². The molecule has 6 nitrogen and oxygen atoms in total. The molecule has 0 saturated heterocycles. The van der Waals surface area contributed by atoms with Gasteiger partial charge in [-0.3, -0.25) is 0 Å². The molecule has 0 aliphatic heterocycles. The van der Waals surface area contributed by atoms with Crippen LogP contribution in [0.3, 0.4) is 0 Å². The molecule has 96 valence electrons. The zero-order valence-corrected chi connectivity index (χ0v) is 10.7. The molecule has 7 heteroatoms. The molecule has 0 aromatic carbocycles. The Kier molecular flexibility index (Phi) is 2.68. The summed E-state index contributed by atoms with van der Waals surface area (Å²) < 4.78 is 5.23. The summed E-state index contributed by atoms with van der Waals surface area (Å²) >= 11 is 1.49. The van der Waals surface area contributed by atoms with E-state index < -0.39 is 5.97 Å². The van der Waals surface area contributed by atoms with Gasteiger partial charge in [0, 0.05) is 6.20 Å². The smallest absolute Gasteiger partial charge is 0.337 e. The van der Waals surface area contributed by atoms with Crippen molar-refractivity contribution in [2.24, 2.45) is 0 Å². The molecule has 3 aromatic rings. The fraction of sp³-hybridized carbons (Fsp3) is 0.0833. The van der Waals surface area contributed by atoms with Gasteiger partial charge in [0.2, 0.25) is 0 Å². The molecule has 0 unspecified atom stereocenters. The average molecular weight is 275 g/mol. The third kappa shape index (κ3) is 1.93. The van der Waals surface area contributed by atoms with Crippen molar-refractivity contribution in [1.82, 2.24) is 15.0 Å². The van der Waals surface area contributed by atoms with Crippen LogP contribution in [0.25, 0.3) is 21.9 Å². The fourth-order valence-electron chi connectivity index (χ4n) is 1.76. The predicted octanol–water partition coefficient (Wildman–Crippen LogP) is 2.39. The highest BCUT2D eigenvalue weighted by atomic mass is 32.1. The number of hydrogen-bond acceptors (Lipinski definition) is 5. The van der Waals surface area contributed by atoms with Crippen molar-refractivity contribution in [3.63, 3.8) is 0 Å². The monoisotopic (exact) mass is 275 g/mol. The average Bonchev–Trinajstić information content (AvgIpc) is 3.03. The van der Waals surface area contributed by atoms with Gasteiger partial charge in [0.15, 0.2) is 11.5 Å². The van der Waals surface area contributed by atoms with Crippen LogP contribution in [0.15, 0.2) is 23.7 Å². The summed E-state index contributed by atoms with van der Waals surface area (Å²) in [4.78, 5) is 23.2. The van der Waals surface area contributed by atoms with E-state index in [1.807, 2.05) is 11.4 Å². The van der Waals surface area contributed by atoms with E-state index in [2.05, 4.69) is 15.0 Å². The summed E-state index contributed by atoms with van der Waals surface area (Å²) in [6, 6.07) is 3.37. The molecular weight excluding hydrogens is 266 g/mol. The van der Waals surface area contributed by atoms with Gasteiger partial charge in [0.05, 0.1) is 18.2 Å². The van der Waals surface area contributed by atoms with Crippen LogP contribution in [-0.2, 0) is 0 Å². The number of H-pyrrole nitrogens is 1. The van der Waals surface area contributed by atoms with Gasteiger partial charge in [-0.25, -0.2) is 14.8 Å². The highest BCUT2D eigenvalue weighted by Gasteiger charge is 2.14. The molecule has 0 fully saturated rings. The van der Waals surface area contributed by atoms with Gasteiger partial charge in [0.25, 0.3) is 0 Å². The van der Waals surface area contributed by atoms with Crippen molar-refractivity contribution in [3.05, 3.63) is 29.3 Å². The quantitative estimate of drug-likeness (QED) is 0.766. The summed E-state index contributed by atoms with van der Waals surface area (Å²) in [5.41, 5.74) is 1.20. The molecule has 0 saturated carbocycles. The molecule has 0 aliphatic rings. The lowest BCUT2D eigenvalue weighted by atomic mass is 10.3. The minimum atomic E-state index is -1.01. The first kappa shape index (κ1) is 11.7. The van der Waals surface area contributed by atoms with Crippen molar-refractivity contribution in [2.75, 3.05) is 7.11 Å². The van der Waals surface area contributed by atoms with Gasteiger partial charge in [-0.15, -0.1) is 11.3 Å². The van der Waals surface area contributed by atoms with Gasteiger partial charge in [-0.2, -0.15) is 0 Å². The number of methoxy groups -OCH3 is 1. The third-order valence-electron chi connectivity index (χ3n) is 2.65. The van der Waals surface area contributed by atoms with Gasteiger partial charge < -0.3 is 14.8 Å². The Morgan fingerprint density at radius 2 is 2.37 bits per heavy atom. The third-order valence-corrected chi connectivity index (χ3v) is 3.55. The number of ether oxygens (including phenoxy) is 1. The number of pyridine rings is 1. The maximum atomic E-state index is 10.9. The van der Waals surface area contributed by atoms with E-state index in [-0.39, 0.29) is 5.56 Å². The highest BCUT2D eigenvalue weighted by molar-refractivity contribution is 7.13. The van der Waals surface area contributed by atoms with E-state index in [0.717, 1.165) is 10.6 Å². The zero-order valence-electron chi connectivity index (χ0n) is 9.88. The second kappa shape index (κ2) is 4.36. The van der Waals surface area contributed by atoms with Crippen LogP contribution in [0, 0.1) is 0 Å². The van der Waals surface area contributed by atoms with E-state index in [1.165, 1.54) is 23.6 Å². The van der Waals surface area contributed by atoms with Crippen molar-refractivity contribution in [1.29, 1.82) is 0 Å². The molecule has 0 bridgehead atoms. The Labute approximate surface area is 111 Å². The number of hydrogen-bond donors (Lipinski definition) is 2. The second-order valence-electron chi connectivity index (χ2n) is 3.80. The van der Waals surface area contributed by atoms with Crippen LogP contribution < -0.4 is 4.74 Å². The van der Waals surface area contributed by atoms with Crippen LogP contribution in [0.1, 0.15) is 10.4 Å². The normalized spacial score (nSPS) is 10.8. The summed E-state index contributed by atoms with van der Waals surface area (Å²) in [5.74, 6) is 0.332. The zero-order chi connectivity index (χ0) is 13.4. The second-order valence-corrected chi connectivity index (χ2v) is 4.72. The minimum absolute atomic E-state index is 0.126. The van der Waals surface area contributed by atoms with Crippen LogP contribution in [0.2, 0.25) is 0 Å². The van der Waals surface area contributed by atoms with Gasteiger partial charge in [-0.05, 0) is 17.5 Å². The molecule has 0 atom stereocenters. The number of carbonyl (C=O) groups is 1. The maximum Gasteiger partial charge on any atom is 0.337 e. The summed E-state index contributed by atoms with van der Waals surface area (Å²) in [6.45, 7) is 0. The minimum Gasteiger partial charge on any atom is -0.495 e. The van der Waals surface area contributed by atoms with Gasteiger partial charge in [-0.1, -0.05) is 0 Å². The van der Waals surface area contributed by atoms with Crippen molar-refractivity contribution in [3.8, 4) is 16.5 Å². The molecule has 2 N–H and O–H groups in total. The number of aromatic nitrogens is 3. The fourth-order valence-corrected chi connectivity index (χ4v) is 2.56. The van der Waals surface area contributed by atoms with Crippen molar-refractivity contribution < 1.29 is 14.6 Å². The predicted molar refractivity (Wildman–Crippen MR) is 70.7 cm³/mol. The first-order valence-electron chi connectivity index (χ1n) is 5.40. The summed E-state index contributed by atoms with van der Waals surface area (Å²) in [6.07, 6.45) is 1.29. The lowest BCUT2D eigenvalue weighted by molar-refractivity contribution is 0.0696. The lowest BCUT2D eigenvalue weighted by Gasteiger charge is -1.97. The summed E-state index contributed by atoms with van der Waals surface area (Å²) in [5, 5.41) is 10.8. The van der Waals surface area contributed by atoms with E-state index in [0.29, 0.717) is 17.0 Å². The Morgan fingerprint density at radius 3 is 3.11 bits per heavy atom. The molecular formula is C12H9N3O3S. The first-order valence-corrected chi connectivity index (χ1v) is 6.28. The topological polar surface area (TPSA) is 88.1 Å². The van der Waals surface area contributed by atoms with Crippen LogP contribution in [0.4, 0.5) is 0 Å². The highest BCUT2D eigenvalue weighted by Crippen LogP contribution is 2.34. The van der Waals surface area contributed by atoms with E-state index in [9.17, 15) is 4.79 Å². The number of aromatic carboxylic acids is 1. The number of imidazole rings is 1. The van der Waals surface area contributed by atoms with Gasteiger partial charge >= 0.3 is 5.97 Å². The standard InChI is InChI=1S/C12H9N3O3S/c1-18-8-2-3-19-9(8)11-14-7-4-6(12(16)17)5-13-10(7)15-11/h2-5H,1H3,(H,16,17)(H,13,14,15). The lowest BCUT2D eigenvalue weighted by Crippen LogP contribution is -1.96. The number of aromatic amines is 1. The molecule has 3 heterocycles. The molecule has 3 rings (SSSR count). The number of nitrogens with zero attached hydrogens (tertiary/aromatic N) is 2. The maximum absolute atomic E-state index is 10.9. The van der Waals surface area contributed by atoms with E-state index in [4.69, 9.17) is 9.84 Å². The van der Waals surface area contributed by atoms with Crippen LogP contribution >= 0.6 is 11.3 Å². The Morgan fingerprint density at radius 1 is 1.53 bits per heavy atom. The van der Waals surface area contributed by atoms with Crippen LogP contribution in [-0.4, -0.2) is 33.1 Å². The number of thiophene rings is 1. The molecule has 0 spiro atoms. The molecule has 19 heavy (non-hydrogen) atoms. The SMILES string of the molecule is COc1ccsc1-c1nc2ncc(C(=O)O)cc2[nH]1. The number of nitrogens with one attached hydrogen (secondary N) is 1. The first-order chi connectivity index (χ1) is 9.19. The Hall–Kier alpha value is -2.41. The number of rotatable bonds is 3. The number of carboxylic acid groups (broad SMARTS) is 1. The molecule has 0 radical (unpaired) electrons. The Bertz CT molecular complexity index is 763.